The van der Waals surface area contributed by atoms with Crippen molar-refractivity contribution in [3.63, 3.8) is 0 Å². The molecule has 3 saturated heterocycles. The number of benzene rings is 1. The fourth-order valence-electron chi connectivity index (χ4n) is 5.83. The highest BCUT2D eigenvalue weighted by Crippen LogP contribution is 2.33. The Balaban J connectivity index is 1.03. The summed E-state index contributed by atoms with van der Waals surface area (Å²) in [5, 5.41) is 2.22. The van der Waals surface area contributed by atoms with Crippen LogP contribution in [-0.2, 0) is 23.9 Å². The van der Waals surface area contributed by atoms with Gasteiger partial charge >= 0.3 is 5.97 Å². The number of nitrogens with zero attached hydrogens (tertiary/aromatic N) is 4. The lowest BCUT2D eigenvalue weighted by Gasteiger charge is -2.45. The van der Waals surface area contributed by atoms with Crippen molar-refractivity contribution in [2.24, 2.45) is 5.92 Å². The van der Waals surface area contributed by atoms with Gasteiger partial charge in [-0.15, -0.1) is 0 Å². The van der Waals surface area contributed by atoms with E-state index in [9.17, 15) is 24.0 Å². The number of anilines is 1. The monoisotopic (exact) mass is 569 g/mol. The molecule has 4 heterocycles. The fourth-order valence-corrected chi connectivity index (χ4v) is 5.83. The molecule has 3 fully saturated rings. The SMILES string of the molecule is CC(C)(C)OC(=O)COCCN1CCN(CC2CN(c3ccc4c(c3)C(=O)N(C3CCC(=O)NC3=O)C4=O)C2)CC1. The normalized spacial score (nSPS) is 22.6. The van der Waals surface area contributed by atoms with E-state index in [4.69, 9.17) is 9.47 Å². The molecule has 0 aliphatic carbocycles. The number of nitrogens with one attached hydrogen (secondary N) is 1. The predicted molar refractivity (Wildman–Crippen MR) is 148 cm³/mol. The lowest BCUT2D eigenvalue weighted by atomic mass is 9.97. The van der Waals surface area contributed by atoms with Gasteiger partial charge in [-0.05, 0) is 45.4 Å². The second-order valence-electron chi connectivity index (χ2n) is 12.2. The molecular formula is C29H39N5O7. The van der Waals surface area contributed by atoms with Crippen LogP contribution in [0, 0.1) is 5.92 Å². The molecule has 1 aromatic rings. The van der Waals surface area contributed by atoms with Gasteiger partial charge in [0.25, 0.3) is 11.8 Å². The number of imide groups is 2. The number of carbonyl (C=O) groups excluding carboxylic acids is 5. The number of hydrogen-bond donors (Lipinski definition) is 1. The summed E-state index contributed by atoms with van der Waals surface area (Å²) >= 11 is 0. The van der Waals surface area contributed by atoms with Gasteiger partial charge in [-0.25, -0.2) is 4.79 Å². The van der Waals surface area contributed by atoms with Gasteiger partial charge in [0.2, 0.25) is 11.8 Å². The molecule has 0 radical (unpaired) electrons. The second-order valence-corrected chi connectivity index (χ2v) is 12.2. The van der Waals surface area contributed by atoms with E-state index in [1.807, 2.05) is 26.8 Å². The third-order valence-electron chi connectivity index (χ3n) is 7.92. The molecule has 0 bridgehead atoms. The van der Waals surface area contributed by atoms with E-state index in [-0.39, 0.29) is 31.3 Å². The van der Waals surface area contributed by atoms with E-state index in [2.05, 4.69) is 20.0 Å². The summed E-state index contributed by atoms with van der Waals surface area (Å²) in [5.41, 5.74) is 0.999. The van der Waals surface area contributed by atoms with Gasteiger partial charge in [0.05, 0.1) is 17.7 Å². The predicted octanol–water partition coefficient (Wildman–Crippen LogP) is 0.500. The van der Waals surface area contributed by atoms with E-state index < -0.39 is 29.4 Å². The third-order valence-corrected chi connectivity index (χ3v) is 7.92. The second kappa shape index (κ2) is 11.9. The van der Waals surface area contributed by atoms with Crippen LogP contribution in [0.2, 0.25) is 0 Å². The molecule has 4 aliphatic heterocycles. The van der Waals surface area contributed by atoms with Crippen molar-refractivity contribution in [1.29, 1.82) is 0 Å². The van der Waals surface area contributed by atoms with Gasteiger partial charge in [0, 0.05) is 70.4 Å². The number of esters is 1. The average molecular weight is 570 g/mol. The molecule has 1 N–H and O–H groups in total. The van der Waals surface area contributed by atoms with Gasteiger partial charge in [0.1, 0.15) is 18.2 Å². The number of piperazine rings is 1. The molecule has 1 atom stereocenters. The van der Waals surface area contributed by atoms with Gasteiger partial charge in [0.15, 0.2) is 0 Å². The standard InChI is InChI=1S/C29H39N5O7/c1-29(2,3)41-25(36)18-40-13-12-31-8-10-32(11-9-31)15-19-16-33(17-19)20-4-5-21-22(14-20)28(39)34(27(21)38)23-6-7-24(35)30-26(23)37/h4-5,14,19,23H,6-13,15-18H2,1-3H3,(H,30,35,37). The fraction of sp³-hybridized carbons (Fsp3) is 0.621. The minimum Gasteiger partial charge on any atom is -0.458 e. The van der Waals surface area contributed by atoms with E-state index in [1.54, 1.807) is 12.1 Å². The van der Waals surface area contributed by atoms with E-state index in [1.165, 1.54) is 0 Å². The first-order valence-corrected chi connectivity index (χ1v) is 14.3. The molecule has 12 heteroatoms. The Morgan fingerprint density at radius 2 is 1.66 bits per heavy atom. The zero-order valence-corrected chi connectivity index (χ0v) is 24.0. The first kappa shape index (κ1) is 29.2. The molecule has 222 valence electrons. The number of ether oxygens (including phenoxy) is 2. The number of fused-ring (bicyclic) bond motifs is 1. The lowest BCUT2D eigenvalue weighted by Crippen LogP contribution is -2.55. The Labute approximate surface area is 239 Å². The number of carbonyl (C=O) groups is 5. The highest BCUT2D eigenvalue weighted by atomic mass is 16.6. The van der Waals surface area contributed by atoms with Crippen molar-refractivity contribution in [1.82, 2.24) is 20.0 Å². The zero-order valence-electron chi connectivity index (χ0n) is 24.0. The maximum Gasteiger partial charge on any atom is 0.332 e. The minimum absolute atomic E-state index is 0.0256. The summed E-state index contributed by atoms with van der Waals surface area (Å²) in [5.74, 6) is -1.78. The van der Waals surface area contributed by atoms with Crippen LogP contribution < -0.4 is 10.2 Å². The van der Waals surface area contributed by atoms with Crippen LogP contribution in [0.5, 0.6) is 0 Å². The maximum absolute atomic E-state index is 13.1. The van der Waals surface area contributed by atoms with Crippen LogP contribution in [0.25, 0.3) is 0 Å². The first-order valence-electron chi connectivity index (χ1n) is 14.3. The molecule has 0 aromatic heterocycles. The molecule has 12 nitrogen and oxygen atoms in total. The van der Waals surface area contributed by atoms with Crippen molar-refractivity contribution in [2.45, 2.75) is 45.3 Å². The van der Waals surface area contributed by atoms with E-state index >= 15 is 0 Å². The number of amides is 4. The summed E-state index contributed by atoms with van der Waals surface area (Å²) in [6.45, 7) is 13.4. The van der Waals surface area contributed by atoms with Crippen molar-refractivity contribution in [2.75, 3.05) is 70.5 Å². The quantitative estimate of drug-likeness (QED) is 0.255. The Bertz CT molecular complexity index is 1210. The molecular weight excluding hydrogens is 530 g/mol. The third kappa shape index (κ3) is 6.77. The topological polar surface area (TPSA) is 129 Å². The van der Waals surface area contributed by atoms with Crippen molar-refractivity contribution >= 4 is 35.3 Å². The van der Waals surface area contributed by atoms with Crippen LogP contribution in [0.4, 0.5) is 5.69 Å². The van der Waals surface area contributed by atoms with Gasteiger partial charge in [-0.1, -0.05) is 0 Å². The number of piperidine rings is 1. The van der Waals surface area contributed by atoms with Crippen LogP contribution in [0.1, 0.15) is 54.3 Å². The zero-order chi connectivity index (χ0) is 29.3. The average Bonchev–Trinajstić information content (AvgIpc) is 3.13. The molecule has 4 amide bonds. The van der Waals surface area contributed by atoms with Crippen molar-refractivity contribution in [3.05, 3.63) is 29.3 Å². The molecule has 41 heavy (non-hydrogen) atoms. The Kier molecular flexibility index (Phi) is 8.44. The number of rotatable bonds is 9. The van der Waals surface area contributed by atoms with Gasteiger partial charge in [-0.3, -0.25) is 34.3 Å². The van der Waals surface area contributed by atoms with Crippen LogP contribution in [-0.4, -0.2) is 122 Å². The highest BCUT2D eigenvalue weighted by Gasteiger charge is 2.45. The maximum atomic E-state index is 13.1. The first-order chi connectivity index (χ1) is 19.5. The van der Waals surface area contributed by atoms with Crippen LogP contribution >= 0.6 is 0 Å². The van der Waals surface area contributed by atoms with E-state index in [0.29, 0.717) is 23.7 Å². The smallest absolute Gasteiger partial charge is 0.332 e. The molecule has 0 saturated carbocycles. The van der Waals surface area contributed by atoms with Crippen molar-refractivity contribution in [3.8, 4) is 0 Å². The molecule has 1 aromatic carbocycles. The summed E-state index contributed by atoms with van der Waals surface area (Å²) in [4.78, 5) is 69.6. The molecule has 4 aliphatic rings. The van der Waals surface area contributed by atoms with Crippen LogP contribution in [0.3, 0.4) is 0 Å². The van der Waals surface area contributed by atoms with Gasteiger partial charge < -0.3 is 19.3 Å². The Morgan fingerprint density at radius 1 is 0.976 bits per heavy atom. The van der Waals surface area contributed by atoms with Gasteiger partial charge in [-0.2, -0.15) is 0 Å². The summed E-state index contributed by atoms with van der Waals surface area (Å²) < 4.78 is 10.7. The summed E-state index contributed by atoms with van der Waals surface area (Å²) in [7, 11) is 0. The van der Waals surface area contributed by atoms with Crippen molar-refractivity contribution < 1.29 is 33.4 Å². The molecule has 1 unspecified atom stereocenters. The minimum atomic E-state index is -0.956. The van der Waals surface area contributed by atoms with E-state index in [0.717, 1.165) is 62.9 Å². The number of hydrogen-bond acceptors (Lipinski definition) is 10. The summed E-state index contributed by atoms with van der Waals surface area (Å²) in [6.07, 6.45) is 0.247. The molecule has 0 spiro atoms. The highest BCUT2D eigenvalue weighted by molar-refractivity contribution is 6.23. The Hall–Kier alpha value is -3.35. The Morgan fingerprint density at radius 3 is 2.34 bits per heavy atom. The molecule has 5 rings (SSSR count). The largest absolute Gasteiger partial charge is 0.458 e. The lowest BCUT2D eigenvalue weighted by molar-refractivity contribution is -0.160. The van der Waals surface area contributed by atoms with Crippen LogP contribution in [0.15, 0.2) is 18.2 Å². The summed E-state index contributed by atoms with van der Waals surface area (Å²) in [6, 6.07) is 4.32.